The summed E-state index contributed by atoms with van der Waals surface area (Å²) in [6.45, 7) is 0.138. The van der Waals surface area contributed by atoms with E-state index in [9.17, 15) is 17.9 Å². The first-order valence-corrected chi connectivity index (χ1v) is 7.61. The fourth-order valence-electron chi connectivity index (χ4n) is 2.29. The predicted octanol–water partition coefficient (Wildman–Crippen LogP) is 0.847. The molecule has 1 aliphatic carbocycles. The van der Waals surface area contributed by atoms with Crippen molar-refractivity contribution in [2.45, 2.75) is 30.3 Å². The molecule has 5 nitrogen and oxygen atoms in total. The van der Waals surface area contributed by atoms with Gasteiger partial charge in [0.2, 0.25) is 10.0 Å². The molecule has 1 aliphatic rings. The quantitative estimate of drug-likeness (QED) is 0.716. The molecular formula is C12H17FN2O3S. The molecule has 0 saturated heterocycles. The van der Waals surface area contributed by atoms with E-state index in [1.807, 2.05) is 0 Å². The minimum atomic E-state index is -3.85. The summed E-state index contributed by atoms with van der Waals surface area (Å²) in [5.41, 5.74) is 5.55. The zero-order valence-corrected chi connectivity index (χ0v) is 11.2. The summed E-state index contributed by atoms with van der Waals surface area (Å²) in [6.07, 6.45) is 1.87. The Morgan fingerprint density at radius 1 is 1.42 bits per heavy atom. The summed E-state index contributed by atoms with van der Waals surface area (Å²) in [4.78, 5) is -0.264. The number of hydrogen-bond acceptors (Lipinski definition) is 4. The number of rotatable bonds is 4. The van der Waals surface area contributed by atoms with Gasteiger partial charge >= 0.3 is 0 Å². The van der Waals surface area contributed by atoms with Crippen molar-refractivity contribution in [1.29, 1.82) is 0 Å². The number of nitrogen functional groups attached to an aromatic ring is 1. The Morgan fingerprint density at radius 2 is 2.16 bits per heavy atom. The van der Waals surface area contributed by atoms with Gasteiger partial charge in [0.1, 0.15) is 10.7 Å². The van der Waals surface area contributed by atoms with Crippen molar-refractivity contribution in [3.63, 3.8) is 0 Å². The number of anilines is 1. The monoisotopic (exact) mass is 288 g/mol. The first kappa shape index (κ1) is 14.2. The van der Waals surface area contributed by atoms with E-state index >= 15 is 0 Å². The van der Waals surface area contributed by atoms with E-state index in [2.05, 4.69) is 4.72 Å². The molecule has 2 rings (SSSR count). The van der Waals surface area contributed by atoms with E-state index in [4.69, 9.17) is 5.73 Å². The third-order valence-electron chi connectivity index (χ3n) is 3.42. The van der Waals surface area contributed by atoms with Crippen molar-refractivity contribution in [2.24, 2.45) is 5.92 Å². The Balaban J connectivity index is 2.12. The van der Waals surface area contributed by atoms with E-state index in [1.54, 1.807) is 0 Å². The number of halogens is 1. The van der Waals surface area contributed by atoms with Crippen molar-refractivity contribution in [3.05, 3.63) is 24.0 Å². The van der Waals surface area contributed by atoms with Crippen LogP contribution in [0.4, 0.5) is 10.1 Å². The number of benzene rings is 1. The molecule has 106 valence electrons. The predicted molar refractivity (Wildman–Crippen MR) is 69.3 cm³/mol. The highest BCUT2D eigenvalue weighted by molar-refractivity contribution is 7.89. The van der Waals surface area contributed by atoms with Crippen LogP contribution in [0, 0.1) is 11.7 Å². The Kier molecular flexibility index (Phi) is 4.07. The highest BCUT2D eigenvalue weighted by Gasteiger charge is 2.27. The second-order valence-electron chi connectivity index (χ2n) is 4.79. The maximum atomic E-state index is 13.1. The van der Waals surface area contributed by atoms with Crippen LogP contribution < -0.4 is 10.5 Å². The molecule has 1 aromatic rings. The molecule has 2 unspecified atom stereocenters. The number of nitrogens with two attached hydrogens (primary N) is 1. The Morgan fingerprint density at radius 3 is 2.79 bits per heavy atom. The topological polar surface area (TPSA) is 92.4 Å². The van der Waals surface area contributed by atoms with E-state index in [-0.39, 0.29) is 23.0 Å². The van der Waals surface area contributed by atoms with Crippen LogP contribution in [0.15, 0.2) is 23.1 Å². The maximum absolute atomic E-state index is 13.1. The van der Waals surface area contributed by atoms with Gasteiger partial charge in [-0.05, 0) is 37.0 Å². The number of hydrogen-bond donors (Lipinski definition) is 3. The van der Waals surface area contributed by atoms with Gasteiger partial charge < -0.3 is 10.8 Å². The second kappa shape index (κ2) is 5.44. The van der Waals surface area contributed by atoms with E-state index in [1.165, 1.54) is 6.07 Å². The van der Waals surface area contributed by atoms with Crippen LogP contribution >= 0.6 is 0 Å². The van der Waals surface area contributed by atoms with Gasteiger partial charge in [0, 0.05) is 6.54 Å². The van der Waals surface area contributed by atoms with Crippen LogP contribution in [0.2, 0.25) is 0 Å². The molecule has 0 spiro atoms. The third kappa shape index (κ3) is 3.23. The number of aliphatic hydroxyl groups excluding tert-OH is 1. The first-order chi connectivity index (χ1) is 8.90. The summed E-state index contributed by atoms with van der Waals surface area (Å²) in [5.74, 6) is -0.750. The highest BCUT2D eigenvalue weighted by Crippen LogP contribution is 2.26. The molecule has 19 heavy (non-hydrogen) atoms. The standard InChI is InChI=1S/C12H17FN2O3S/c13-9-4-5-10(14)12(6-9)19(17,18)15-7-8-2-1-3-11(8)16/h4-6,8,11,15-16H,1-3,7,14H2. The van der Waals surface area contributed by atoms with Crippen LogP contribution in [0.5, 0.6) is 0 Å². The molecule has 0 heterocycles. The SMILES string of the molecule is Nc1ccc(F)cc1S(=O)(=O)NCC1CCCC1O. The van der Waals surface area contributed by atoms with Crippen molar-refractivity contribution in [2.75, 3.05) is 12.3 Å². The summed E-state index contributed by atoms with van der Waals surface area (Å²) in [5, 5.41) is 9.64. The molecule has 2 atom stereocenters. The fraction of sp³-hybridized carbons (Fsp3) is 0.500. The molecule has 0 amide bonds. The van der Waals surface area contributed by atoms with Crippen molar-refractivity contribution in [1.82, 2.24) is 4.72 Å². The second-order valence-corrected chi connectivity index (χ2v) is 6.53. The number of nitrogens with one attached hydrogen (secondary N) is 1. The van der Waals surface area contributed by atoms with Crippen molar-refractivity contribution in [3.8, 4) is 0 Å². The summed E-state index contributed by atoms with van der Waals surface area (Å²) in [7, 11) is -3.85. The molecule has 0 aromatic heterocycles. The average molecular weight is 288 g/mol. The summed E-state index contributed by atoms with van der Waals surface area (Å²) >= 11 is 0. The largest absolute Gasteiger partial charge is 0.398 e. The van der Waals surface area contributed by atoms with Gasteiger partial charge in [-0.3, -0.25) is 0 Å². The molecule has 7 heteroatoms. The zero-order chi connectivity index (χ0) is 14.0. The fourth-order valence-corrected chi connectivity index (χ4v) is 3.53. The minimum Gasteiger partial charge on any atom is -0.398 e. The molecule has 1 fully saturated rings. The van der Waals surface area contributed by atoms with Gasteiger partial charge in [0.15, 0.2) is 0 Å². The van der Waals surface area contributed by atoms with Crippen LogP contribution in [0.3, 0.4) is 0 Å². The molecule has 1 saturated carbocycles. The molecule has 0 bridgehead atoms. The lowest BCUT2D eigenvalue weighted by Crippen LogP contribution is -2.32. The summed E-state index contributed by atoms with van der Waals surface area (Å²) in [6, 6.07) is 3.21. The number of aliphatic hydroxyl groups is 1. The Labute approximate surface area is 111 Å². The normalized spacial score (nSPS) is 23.7. The van der Waals surface area contributed by atoms with Crippen LogP contribution in [0.1, 0.15) is 19.3 Å². The first-order valence-electron chi connectivity index (χ1n) is 6.13. The highest BCUT2D eigenvalue weighted by atomic mass is 32.2. The lowest BCUT2D eigenvalue weighted by molar-refractivity contribution is 0.134. The van der Waals surface area contributed by atoms with Gasteiger partial charge in [0.25, 0.3) is 0 Å². The van der Waals surface area contributed by atoms with E-state index in [0.717, 1.165) is 25.0 Å². The van der Waals surface area contributed by atoms with E-state index in [0.29, 0.717) is 6.42 Å². The van der Waals surface area contributed by atoms with Gasteiger partial charge in [0.05, 0.1) is 11.8 Å². The Hall–Kier alpha value is -1.18. The molecule has 0 aliphatic heterocycles. The van der Waals surface area contributed by atoms with Gasteiger partial charge in [-0.25, -0.2) is 17.5 Å². The van der Waals surface area contributed by atoms with Crippen LogP contribution in [0.25, 0.3) is 0 Å². The van der Waals surface area contributed by atoms with Gasteiger partial charge in [-0.2, -0.15) is 0 Å². The van der Waals surface area contributed by atoms with Crippen LogP contribution in [-0.4, -0.2) is 26.2 Å². The maximum Gasteiger partial charge on any atom is 0.242 e. The zero-order valence-electron chi connectivity index (χ0n) is 10.3. The minimum absolute atomic E-state index is 0.000806. The average Bonchev–Trinajstić information content (AvgIpc) is 2.75. The van der Waals surface area contributed by atoms with E-state index < -0.39 is 21.9 Å². The molecule has 4 N–H and O–H groups in total. The van der Waals surface area contributed by atoms with Crippen molar-refractivity contribution < 1.29 is 17.9 Å². The van der Waals surface area contributed by atoms with Gasteiger partial charge in [-0.1, -0.05) is 6.42 Å². The smallest absolute Gasteiger partial charge is 0.242 e. The lowest BCUT2D eigenvalue weighted by Gasteiger charge is -2.15. The third-order valence-corrected chi connectivity index (χ3v) is 4.90. The van der Waals surface area contributed by atoms with Gasteiger partial charge in [-0.15, -0.1) is 0 Å². The summed E-state index contributed by atoms with van der Waals surface area (Å²) < 4.78 is 39.5. The molecule has 0 radical (unpaired) electrons. The molecule has 1 aromatic carbocycles. The number of sulfonamides is 1. The molecular weight excluding hydrogens is 271 g/mol. The lowest BCUT2D eigenvalue weighted by atomic mass is 10.1. The van der Waals surface area contributed by atoms with Crippen LogP contribution in [-0.2, 0) is 10.0 Å². The Bertz CT molecular complexity index is 562. The van der Waals surface area contributed by atoms with Crippen molar-refractivity contribution >= 4 is 15.7 Å².